The minimum Gasteiger partial charge on any atom is -0.207 e. The first kappa shape index (κ1) is 8.26. The highest BCUT2D eigenvalue weighted by Crippen LogP contribution is 2.02. The molecule has 2 aromatic rings. The quantitative estimate of drug-likeness (QED) is 0.569. The Hall–Kier alpha value is -2.07. The van der Waals surface area contributed by atoms with Gasteiger partial charge in [0.05, 0.1) is 1.37 Å². The van der Waals surface area contributed by atoms with E-state index in [0.29, 0.717) is 5.56 Å². The third-order valence-corrected chi connectivity index (χ3v) is 1.89. The van der Waals surface area contributed by atoms with Crippen LogP contribution in [0.4, 0.5) is 4.39 Å². The SMILES string of the molecule is [2H]c1ccc(C#Cc2ccccc2)cc1F. The van der Waals surface area contributed by atoms with Crippen LogP contribution in [0, 0.1) is 17.7 Å². The molecular weight excluding hydrogens is 187 g/mol. The first-order valence-electron chi connectivity index (χ1n) is 5.09. The fourth-order valence-electron chi connectivity index (χ4n) is 1.18. The standard InChI is InChI=1S/C14H9F/c15-14-8-4-7-13(11-14)10-9-12-5-2-1-3-6-12/h1-8,11H/i8D. The molecule has 72 valence electrons. The predicted molar refractivity (Wildman–Crippen MR) is 58.8 cm³/mol. The van der Waals surface area contributed by atoms with Gasteiger partial charge in [0, 0.05) is 11.1 Å². The van der Waals surface area contributed by atoms with Crippen LogP contribution in [0.3, 0.4) is 0 Å². The third-order valence-electron chi connectivity index (χ3n) is 1.89. The lowest BCUT2D eigenvalue weighted by Crippen LogP contribution is -1.77. The number of halogens is 1. The van der Waals surface area contributed by atoms with E-state index in [0.717, 1.165) is 5.56 Å². The zero-order valence-corrected chi connectivity index (χ0v) is 8.00. The second-order valence-electron chi connectivity index (χ2n) is 3.04. The summed E-state index contributed by atoms with van der Waals surface area (Å²) in [4.78, 5) is 0. The molecule has 0 atom stereocenters. The highest BCUT2D eigenvalue weighted by molar-refractivity contribution is 5.42. The number of hydrogen-bond donors (Lipinski definition) is 0. The van der Waals surface area contributed by atoms with E-state index in [1.54, 1.807) is 6.07 Å². The van der Waals surface area contributed by atoms with E-state index in [2.05, 4.69) is 11.8 Å². The van der Waals surface area contributed by atoms with E-state index in [4.69, 9.17) is 1.37 Å². The Balaban J connectivity index is 2.28. The van der Waals surface area contributed by atoms with Gasteiger partial charge < -0.3 is 0 Å². The normalized spacial score (nSPS) is 10.1. The van der Waals surface area contributed by atoms with Crippen molar-refractivity contribution >= 4 is 0 Å². The van der Waals surface area contributed by atoms with Gasteiger partial charge in [0.1, 0.15) is 5.82 Å². The van der Waals surface area contributed by atoms with Crippen molar-refractivity contribution in [2.75, 3.05) is 0 Å². The smallest absolute Gasteiger partial charge is 0.124 e. The van der Waals surface area contributed by atoms with E-state index in [1.165, 1.54) is 12.1 Å². The van der Waals surface area contributed by atoms with Crippen molar-refractivity contribution in [3.63, 3.8) is 0 Å². The van der Waals surface area contributed by atoms with Crippen molar-refractivity contribution in [2.24, 2.45) is 0 Å². The first-order valence-corrected chi connectivity index (χ1v) is 4.59. The largest absolute Gasteiger partial charge is 0.207 e. The number of benzene rings is 2. The van der Waals surface area contributed by atoms with Gasteiger partial charge in [-0.05, 0) is 30.3 Å². The second-order valence-corrected chi connectivity index (χ2v) is 3.04. The summed E-state index contributed by atoms with van der Waals surface area (Å²) in [6.07, 6.45) is 0. The van der Waals surface area contributed by atoms with Crippen LogP contribution in [0.2, 0.25) is 0 Å². The van der Waals surface area contributed by atoms with Crippen molar-refractivity contribution < 1.29 is 5.76 Å². The van der Waals surface area contributed by atoms with Crippen LogP contribution in [0.1, 0.15) is 12.5 Å². The summed E-state index contributed by atoms with van der Waals surface area (Å²) < 4.78 is 20.2. The predicted octanol–water partition coefficient (Wildman–Crippen LogP) is 3.23. The Morgan fingerprint density at radius 1 is 0.933 bits per heavy atom. The highest BCUT2D eigenvalue weighted by atomic mass is 19.1. The lowest BCUT2D eigenvalue weighted by Gasteiger charge is -1.90. The van der Waals surface area contributed by atoms with E-state index < -0.39 is 5.82 Å². The molecule has 0 aliphatic heterocycles. The molecule has 0 fully saturated rings. The van der Waals surface area contributed by atoms with Crippen LogP contribution in [0.15, 0.2) is 54.6 Å². The van der Waals surface area contributed by atoms with Crippen LogP contribution in [0.25, 0.3) is 0 Å². The van der Waals surface area contributed by atoms with Crippen LogP contribution in [0.5, 0.6) is 0 Å². The minimum absolute atomic E-state index is 0.106. The van der Waals surface area contributed by atoms with E-state index in [9.17, 15) is 4.39 Å². The van der Waals surface area contributed by atoms with Gasteiger partial charge in [0.2, 0.25) is 0 Å². The van der Waals surface area contributed by atoms with Crippen molar-refractivity contribution in [3.8, 4) is 11.8 Å². The molecular formula is C14H9F. The topological polar surface area (TPSA) is 0 Å². The molecule has 2 aromatic carbocycles. The van der Waals surface area contributed by atoms with E-state index in [-0.39, 0.29) is 6.04 Å². The molecule has 0 bridgehead atoms. The highest BCUT2D eigenvalue weighted by Gasteiger charge is 1.89. The molecule has 0 spiro atoms. The molecule has 0 nitrogen and oxygen atoms in total. The Labute approximate surface area is 89.8 Å². The van der Waals surface area contributed by atoms with Gasteiger partial charge in [-0.2, -0.15) is 0 Å². The minimum atomic E-state index is -0.542. The summed E-state index contributed by atoms with van der Waals surface area (Å²) >= 11 is 0. The monoisotopic (exact) mass is 197 g/mol. The van der Waals surface area contributed by atoms with Gasteiger partial charge in [0.15, 0.2) is 0 Å². The fourth-order valence-corrected chi connectivity index (χ4v) is 1.18. The fraction of sp³-hybridized carbons (Fsp3) is 0. The Kier molecular flexibility index (Phi) is 2.44. The molecule has 0 heterocycles. The zero-order chi connectivity index (χ0) is 11.4. The van der Waals surface area contributed by atoms with Crippen molar-refractivity contribution in [3.05, 3.63) is 71.5 Å². The zero-order valence-electron chi connectivity index (χ0n) is 9.00. The maximum absolute atomic E-state index is 13.0. The number of hydrogen-bond acceptors (Lipinski definition) is 0. The van der Waals surface area contributed by atoms with Gasteiger partial charge >= 0.3 is 0 Å². The average molecular weight is 197 g/mol. The molecule has 0 unspecified atom stereocenters. The molecule has 2 rings (SSSR count). The summed E-state index contributed by atoms with van der Waals surface area (Å²) in [5.41, 5.74) is 1.47. The second kappa shape index (κ2) is 4.43. The summed E-state index contributed by atoms with van der Waals surface area (Å²) in [5, 5.41) is 0. The Morgan fingerprint density at radius 3 is 2.33 bits per heavy atom. The van der Waals surface area contributed by atoms with Crippen LogP contribution < -0.4 is 0 Å². The molecule has 0 aliphatic rings. The molecule has 0 saturated heterocycles. The van der Waals surface area contributed by atoms with E-state index >= 15 is 0 Å². The van der Waals surface area contributed by atoms with Gasteiger partial charge in [-0.3, -0.25) is 0 Å². The van der Waals surface area contributed by atoms with Gasteiger partial charge in [-0.25, -0.2) is 4.39 Å². The van der Waals surface area contributed by atoms with Crippen LogP contribution in [-0.2, 0) is 0 Å². The maximum atomic E-state index is 13.0. The van der Waals surface area contributed by atoms with Crippen LogP contribution in [-0.4, -0.2) is 0 Å². The van der Waals surface area contributed by atoms with Gasteiger partial charge in [-0.1, -0.05) is 36.1 Å². The average Bonchev–Trinajstić information content (AvgIpc) is 2.32. The molecule has 0 aliphatic carbocycles. The van der Waals surface area contributed by atoms with Gasteiger partial charge in [-0.15, -0.1) is 0 Å². The summed E-state index contributed by atoms with van der Waals surface area (Å²) in [6, 6.07) is 13.7. The molecule has 15 heavy (non-hydrogen) atoms. The summed E-state index contributed by atoms with van der Waals surface area (Å²) in [7, 11) is 0. The Bertz CT molecular complexity index is 550. The molecule has 0 amide bonds. The van der Waals surface area contributed by atoms with Crippen LogP contribution >= 0.6 is 0 Å². The Morgan fingerprint density at radius 2 is 1.60 bits per heavy atom. The summed E-state index contributed by atoms with van der Waals surface area (Å²) in [5.74, 6) is 5.24. The van der Waals surface area contributed by atoms with Crippen molar-refractivity contribution in [1.82, 2.24) is 0 Å². The van der Waals surface area contributed by atoms with Gasteiger partial charge in [0.25, 0.3) is 0 Å². The first-order chi connectivity index (χ1) is 7.75. The molecule has 0 N–H and O–H groups in total. The number of rotatable bonds is 0. The molecule has 0 aromatic heterocycles. The van der Waals surface area contributed by atoms with Crippen molar-refractivity contribution in [1.29, 1.82) is 0 Å². The van der Waals surface area contributed by atoms with E-state index in [1.807, 2.05) is 30.3 Å². The molecule has 0 radical (unpaired) electrons. The molecule has 1 heteroatoms. The summed E-state index contributed by atoms with van der Waals surface area (Å²) in [6.45, 7) is 0. The maximum Gasteiger partial charge on any atom is 0.124 e. The lowest BCUT2D eigenvalue weighted by molar-refractivity contribution is 0.627. The third kappa shape index (κ3) is 2.69. The molecule has 0 saturated carbocycles. The lowest BCUT2D eigenvalue weighted by atomic mass is 10.2. The van der Waals surface area contributed by atoms with Crippen molar-refractivity contribution in [2.45, 2.75) is 0 Å².